The van der Waals surface area contributed by atoms with Crippen LogP contribution in [-0.4, -0.2) is 22.5 Å². The first-order valence-electron chi connectivity index (χ1n) is 7.28. The number of aromatic nitrogens is 1. The molecule has 1 aliphatic rings. The summed E-state index contributed by atoms with van der Waals surface area (Å²) in [5, 5.41) is 6.66. The summed E-state index contributed by atoms with van der Waals surface area (Å²) in [5.41, 5.74) is 2.46. The Morgan fingerprint density at radius 2 is 2.10 bits per heavy atom. The van der Waals surface area contributed by atoms with E-state index in [1.54, 1.807) is 0 Å². The third-order valence-corrected chi connectivity index (χ3v) is 5.69. The van der Waals surface area contributed by atoms with Crippen molar-refractivity contribution in [2.75, 3.05) is 6.26 Å². The van der Waals surface area contributed by atoms with Crippen LogP contribution in [0.3, 0.4) is 0 Å². The molecule has 2 aromatic rings. The normalized spacial score (nSPS) is 23.3. The van der Waals surface area contributed by atoms with Gasteiger partial charge in [0.2, 0.25) is 0 Å². The van der Waals surface area contributed by atoms with Crippen molar-refractivity contribution in [2.24, 2.45) is 0 Å². The van der Waals surface area contributed by atoms with Crippen molar-refractivity contribution in [2.45, 2.75) is 43.5 Å². The molecule has 0 aliphatic heterocycles. The molecular weight excluding hydrogens is 288 g/mol. The molecule has 108 valence electrons. The Morgan fingerprint density at radius 1 is 1.30 bits per heavy atom. The van der Waals surface area contributed by atoms with Gasteiger partial charge in [0.25, 0.3) is 0 Å². The van der Waals surface area contributed by atoms with Crippen LogP contribution in [0, 0.1) is 0 Å². The molecule has 3 rings (SSSR count). The van der Waals surface area contributed by atoms with Gasteiger partial charge in [0.15, 0.2) is 0 Å². The number of benzene rings is 1. The highest BCUT2D eigenvalue weighted by molar-refractivity contribution is 7.99. The van der Waals surface area contributed by atoms with Crippen molar-refractivity contribution in [3.8, 4) is 0 Å². The van der Waals surface area contributed by atoms with Gasteiger partial charge in [0.1, 0.15) is 0 Å². The molecular formula is C16H21ClN2S. The minimum absolute atomic E-state index is 0.677. The van der Waals surface area contributed by atoms with Gasteiger partial charge < -0.3 is 10.3 Å². The quantitative estimate of drug-likeness (QED) is 0.865. The smallest absolute Gasteiger partial charge is 0.0472 e. The topological polar surface area (TPSA) is 27.8 Å². The first-order chi connectivity index (χ1) is 9.76. The predicted octanol–water partition coefficient (Wildman–Crippen LogP) is 4.59. The number of fused-ring (bicyclic) bond motifs is 1. The molecule has 2 nitrogen and oxygen atoms in total. The summed E-state index contributed by atoms with van der Waals surface area (Å²) in [5.74, 6) is 0. The maximum Gasteiger partial charge on any atom is 0.0472 e. The number of hydrogen-bond acceptors (Lipinski definition) is 2. The van der Waals surface area contributed by atoms with E-state index in [2.05, 4.69) is 28.8 Å². The fourth-order valence-corrected chi connectivity index (χ4v) is 3.98. The zero-order valence-electron chi connectivity index (χ0n) is 11.8. The van der Waals surface area contributed by atoms with E-state index in [9.17, 15) is 0 Å². The molecule has 1 saturated carbocycles. The molecule has 20 heavy (non-hydrogen) atoms. The van der Waals surface area contributed by atoms with E-state index in [0.717, 1.165) is 22.3 Å². The fourth-order valence-electron chi connectivity index (χ4n) is 3.06. The average molecular weight is 309 g/mol. The molecule has 1 fully saturated rings. The second-order valence-electron chi connectivity index (χ2n) is 5.59. The molecule has 0 unspecified atom stereocenters. The molecule has 0 spiro atoms. The second kappa shape index (κ2) is 6.42. The van der Waals surface area contributed by atoms with Gasteiger partial charge in [-0.3, -0.25) is 0 Å². The molecule has 2 N–H and O–H groups in total. The number of aromatic amines is 1. The maximum absolute atomic E-state index is 6.02. The summed E-state index contributed by atoms with van der Waals surface area (Å²) >= 11 is 8.04. The van der Waals surface area contributed by atoms with Gasteiger partial charge >= 0.3 is 0 Å². The van der Waals surface area contributed by atoms with Crippen molar-refractivity contribution >= 4 is 34.3 Å². The van der Waals surface area contributed by atoms with E-state index < -0.39 is 0 Å². The van der Waals surface area contributed by atoms with Gasteiger partial charge in [0, 0.05) is 40.0 Å². The van der Waals surface area contributed by atoms with Gasteiger partial charge in [-0.05, 0) is 49.6 Å². The lowest BCUT2D eigenvalue weighted by Gasteiger charge is -2.28. The maximum atomic E-state index is 6.02. The van der Waals surface area contributed by atoms with Gasteiger partial charge in [-0.15, -0.1) is 0 Å². The Labute approximate surface area is 129 Å². The van der Waals surface area contributed by atoms with E-state index >= 15 is 0 Å². The first kappa shape index (κ1) is 14.3. The molecule has 0 bridgehead atoms. The molecule has 1 aromatic carbocycles. The van der Waals surface area contributed by atoms with Crippen LogP contribution < -0.4 is 5.32 Å². The van der Waals surface area contributed by atoms with Crippen molar-refractivity contribution < 1.29 is 0 Å². The zero-order chi connectivity index (χ0) is 13.9. The Balaban J connectivity index is 1.60. The molecule has 1 aromatic heterocycles. The van der Waals surface area contributed by atoms with Crippen LogP contribution in [0.4, 0.5) is 0 Å². The zero-order valence-corrected chi connectivity index (χ0v) is 13.4. The summed E-state index contributed by atoms with van der Waals surface area (Å²) < 4.78 is 0. The van der Waals surface area contributed by atoms with Crippen LogP contribution in [0.15, 0.2) is 24.4 Å². The van der Waals surface area contributed by atoms with Gasteiger partial charge in [0.05, 0.1) is 0 Å². The lowest BCUT2D eigenvalue weighted by Crippen LogP contribution is -2.33. The summed E-state index contributed by atoms with van der Waals surface area (Å²) in [6.07, 6.45) is 9.64. The van der Waals surface area contributed by atoms with Crippen molar-refractivity contribution in [1.29, 1.82) is 0 Å². The molecule has 0 radical (unpaired) electrons. The van der Waals surface area contributed by atoms with E-state index in [-0.39, 0.29) is 0 Å². The summed E-state index contributed by atoms with van der Waals surface area (Å²) in [4.78, 5) is 3.31. The van der Waals surface area contributed by atoms with Crippen LogP contribution in [0.1, 0.15) is 31.2 Å². The second-order valence-corrected chi connectivity index (χ2v) is 7.17. The molecule has 4 heteroatoms. The molecule has 0 atom stereocenters. The molecule has 0 saturated heterocycles. The van der Waals surface area contributed by atoms with E-state index in [4.69, 9.17) is 11.6 Å². The van der Waals surface area contributed by atoms with Gasteiger partial charge in [-0.2, -0.15) is 11.8 Å². The summed E-state index contributed by atoms with van der Waals surface area (Å²) in [7, 11) is 0. The molecule has 0 amide bonds. The van der Waals surface area contributed by atoms with E-state index in [1.165, 1.54) is 36.6 Å². The van der Waals surface area contributed by atoms with Crippen LogP contribution in [-0.2, 0) is 6.54 Å². The van der Waals surface area contributed by atoms with Crippen LogP contribution >= 0.6 is 23.4 Å². The number of nitrogens with one attached hydrogen (secondary N) is 2. The summed E-state index contributed by atoms with van der Waals surface area (Å²) in [6.45, 7) is 0.941. The van der Waals surface area contributed by atoms with Crippen LogP contribution in [0.5, 0.6) is 0 Å². The van der Waals surface area contributed by atoms with E-state index in [0.29, 0.717) is 6.04 Å². The minimum Gasteiger partial charge on any atom is -0.361 e. The van der Waals surface area contributed by atoms with Crippen molar-refractivity contribution in [1.82, 2.24) is 10.3 Å². The standard InChI is InChI=1S/C16H21ClN2S/c1-20-14-5-3-13(4-6-14)18-9-11-10-19-16-8-12(17)2-7-15(11)16/h2,7-8,10,13-14,18-19H,3-6,9H2,1H3. The predicted molar refractivity (Wildman–Crippen MR) is 89.7 cm³/mol. The third-order valence-electron chi connectivity index (χ3n) is 4.32. The molecule has 1 aliphatic carbocycles. The average Bonchev–Trinajstić information content (AvgIpc) is 2.88. The highest BCUT2D eigenvalue weighted by Gasteiger charge is 2.20. The monoisotopic (exact) mass is 308 g/mol. The number of hydrogen-bond donors (Lipinski definition) is 2. The number of rotatable bonds is 4. The lowest BCUT2D eigenvalue weighted by molar-refractivity contribution is 0.379. The Bertz CT molecular complexity index is 573. The number of halogens is 1. The summed E-state index contributed by atoms with van der Waals surface area (Å²) in [6, 6.07) is 6.74. The SMILES string of the molecule is CSC1CCC(NCc2c[nH]c3cc(Cl)ccc23)CC1. The highest BCUT2D eigenvalue weighted by atomic mass is 35.5. The fraction of sp³-hybridized carbons (Fsp3) is 0.500. The van der Waals surface area contributed by atoms with Crippen molar-refractivity contribution in [3.63, 3.8) is 0 Å². The highest BCUT2D eigenvalue weighted by Crippen LogP contribution is 2.27. The number of H-pyrrole nitrogens is 1. The largest absolute Gasteiger partial charge is 0.361 e. The third kappa shape index (κ3) is 3.16. The van der Waals surface area contributed by atoms with Crippen LogP contribution in [0.25, 0.3) is 10.9 Å². The Morgan fingerprint density at radius 3 is 2.85 bits per heavy atom. The van der Waals surface area contributed by atoms with E-state index in [1.807, 2.05) is 23.9 Å². The Kier molecular flexibility index (Phi) is 4.59. The van der Waals surface area contributed by atoms with Gasteiger partial charge in [-0.1, -0.05) is 17.7 Å². The Hall–Kier alpha value is -0.640. The number of thioether (sulfide) groups is 1. The van der Waals surface area contributed by atoms with Crippen LogP contribution in [0.2, 0.25) is 5.02 Å². The lowest BCUT2D eigenvalue weighted by atomic mass is 9.95. The first-order valence-corrected chi connectivity index (χ1v) is 8.94. The van der Waals surface area contributed by atoms with Crippen molar-refractivity contribution in [3.05, 3.63) is 35.0 Å². The minimum atomic E-state index is 0.677. The molecule has 1 heterocycles. The van der Waals surface area contributed by atoms with Gasteiger partial charge in [-0.25, -0.2) is 0 Å².